The molecule has 2 heterocycles. The zero-order valence-electron chi connectivity index (χ0n) is 17.1. The molecular formula is C20H31FN6O. The zero-order chi connectivity index (χ0) is 20.4. The first kappa shape index (κ1) is 20.7. The highest BCUT2D eigenvalue weighted by atomic mass is 19.1. The minimum Gasteiger partial charge on any atom is -0.323 e. The number of alkyl halides is 1. The summed E-state index contributed by atoms with van der Waals surface area (Å²) in [6.45, 7) is 7.92. The van der Waals surface area contributed by atoms with Crippen LogP contribution >= 0.6 is 0 Å². The van der Waals surface area contributed by atoms with Gasteiger partial charge in [0.15, 0.2) is 0 Å². The van der Waals surface area contributed by atoms with E-state index in [9.17, 15) is 9.18 Å². The Balaban J connectivity index is 1.52. The van der Waals surface area contributed by atoms with Crippen molar-refractivity contribution in [1.82, 2.24) is 25.0 Å². The van der Waals surface area contributed by atoms with E-state index in [-0.39, 0.29) is 42.3 Å². The minimum atomic E-state index is -1.09. The van der Waals surface area contributed by atoms with Crippen LogP contribution in [0.3, 0.4) is 0 Å². The van der Waals surface area contributed by atoms with E-state index in [1.807, 2.05) is 10.8 Å². The van der Waals surface area contributed by atoms with Gasteiger partial charge in [-0.3, -0.25) is 9.48 Å². The highest BCUT2D eigenvalue weighted by molar-refractivity contribution is 5.79. The lowest BCUT2D eigenvalue weighted by molar-refractivity contribution is -0.130. The van der Waals surface area contributed by atoms with Gasteiger partial charge in [-0.2, -0.15) is 10.4 Å². The van der Waals surface area contributed by atoms with Crippen molar-refractivity contribution < 1.29 is 9.18 Å². The summed E-state index contributed by atoms with van der Waals surface area (Å²) >= 11 is 0. The van der Waals surface area contributed by atoms with Crippen molar-refractivity contribution in [3.63, 3.8) is 0 Å². The third kappa shape index (κ3) is 4.04. The topological polar surface area (TPSA) is 86.8 Å². The van der Waals surface area contributed by atoms with Gasteiger partial charge in [-0.25, -0.2) is 9.37 Å². The lowest BCUT2D eigenvalue weighted by Crippen LogP contribution is -2.49. The lowest BCUT2D eigenvalue weighted by atomic mass is 9.65. The van der Waals surface area contributed by atoms with Crippen molar-refractivity contribution in [2.45, 2.75) is 77.7 Å². The second-order valence-corrected chi connectivity index (χ2v) is 9.04. The first-order valence-electron chi connectivity index (χ1n) is 10.2. The van der Waals surface area contributed by atoms with Crippen LogP contribution in [0.25, 0.3) is 0 Å². The van der Waals surface area contributed by atoms with Crippen molar-refractivity contribution in [3.05, 3.63) is 12.7 Å². The quantitative estimate of drug-likeness (QED) is 0.772. The number of likely N-dealkylation sites (tertiary alicyclic amines) is 1. The monoisotopic (exact) mass is 390 g/mol. The predicted molar refractivity (Wildman–Crippen MR) is 103 cm³/mol. The summed E-state index contributed by atoms with van der Waals surface area (Å²) in [4.78, 5) is 17.9. The number of rotatable bonds is 7. The molecule has 0 spiro atoms. The maximum Gasteiger partial charge on any atom is 0.237 e. The molecule has 0 radical (unpaired) electrons. The number of nitriles is 1. The van der Waals surface area contributed by atoms with Gasteiger partial charge in [-0.1, -0.05) is 20.8 Å². The number of aromatic nitrogens is 3. The molecule has 0 aromatic carbocycles. The molecule has 1 aliphatic carbocycles. The number of carbonyl (C=O) groups is 1. The molecule has 8 heteroatoms. The van der Waals surface area contributed by atoms with Crippen LogP contribution in [0.15, 0.2) is 12.7 Å². The fourth-order valence-electron chi connectivity index (χ4n) is 4.85. The van der Waals surface area contributed by atoms with Gasteiger partial charge in [0, 0.05) is 19.0 Å². The summed E-state index contributed by atoms with van der Waals surface area (Å²) in [5.74, 6) is -0.178. The third-order valence-electron chi connectivity index (χ3n) is 7.21. The van der Waals surface area contributed by atoms with E-state index in [0.29, 0.717) is 0 Å². The van der Waals surface area contributed by atoms with E-state index in [1.54, 1.807) is 12.7 Å². The number of halogens is 1. The molecule has 7 nitrogen and oxygen atoms in total. The number of aryl methyl sites for hydroxylation is 1. The van der Waals surface area contributed by atoms with Crippen molar-refractivity contribution in [2.24, 2.45) is 10.8 Å². The van der Waals surface area contributed by atoms with Crippen LogP contribution in [0.4, 0.5) is 4.39 Å². The fraction of sp³-hybridized carbons (Fsp3) is 0.800. The molecule has 1 aromatic rings. The van der Waals surface area contributed by atoms with Crippen LogP contribution in [-0.2, 0) is 11.3 Å². The number of amides is 1. The van der Waals surface area contributed by atoms with Crippen LogP contribution in [0.1, 0.15) is 52.9 Å². The summed E-state index contributed by atoms with van der Waals surface area (Å²) in [6.07, 6.45) is 6.55. The normalized spacial score (nSPS) is 31.8. The minimum absolute atomic E-state index is 0.0257. The maximum atomic E-state index is 13.6. The van der Waals surface area contributed by atoms with E-state index in [2.05, 4.69) is 36.2 Å². The van der Waals surface area contributed by atoms with Crippen LogP contribution < -0.4 is 5.32 Å². The summed E-state index contributed by atoms with van der Waals surface area (Å²) in [7, 11) is 0. The van der Waals surface area contributed by atoms with Gasteiger partial charge in [-0.15, -0.1) is 0 Å². The molecule has 1 aliphatic heterocycles. The Kier molecular flexibility index (Phi) is 6.04. The van der Waals surface area contributed by atoms with Crippen molar-refractivity contribution >= 4 is 5.91 Å². The van der Waals surface area contributed by atoms with Crippen molar-refractivity contribution in [2.75, 3.05) is 13.1 Å². The second kappa shape index (κ2) is 8.16. The molecule has 2 fully saturated rings. The first-order chi connectivity index (χ1) is 13.3. The molecule has 1 amide bonds. The Morgan fingerprint density at radius 1 is 1.43 bits per heavy atom. The molecule has 0 bridgehead atoms. The highest BCUT2D eigenvalue weighted by Gasteiger charge is 2.50. The fourth-order valence-corrected chi connectivity index (χ4v) is 4.85. The van der Waals surface area contributed by atoms with Gasteiger partial charge < -0.3 is 10.2 Å². The van der Waals surface area contributed by atoms with Crippen molar-refractivity contribution in [3.8, 4) is 6.07 Å². The standard InChI is InChI=1S/C20H31FN6O/c1-19(2)17(24-11-18(28)27-12-15(21)9-16(27)10-22)5-7-20(19,3)6-4-8-26-14-23-13-25-26/h13-17,24H,4-9,11-12H2,1-3H3/t15-,16-,17-,20+/m0/s1. The maximum absolute atomic E-state index is 13.6. The average molecular weight is 391 g/mol. The molecule has 154 valence electrons. The van der Waals surface area contributed by atoms with Gasteiger partial charge in [0.25, 0.3) is 0 Å². The molecule has 1 aromatic heterocycles. The number of carbonyl (C=O) groups excluding carboxylic acids is 1. The van der Waals surface area contributed by atoms with Crippen LogP contribution in [0.5, 0.6) is 0 Å². The predicted octanol–water partition coefficient (Wildman–Crippen LogP) is 2.31. The van der Waals surface area contributed by atoms with Gasteiger partial charge >= 0.3 is 0 Å². The molecule has 1 saturated carbocycles. The van der Waals surface area contributed by atoms with E-state index < -0.39 is 12.2 Å². The molecule has 2 aliphatic rings. The highest BCUT2D eigenvalue weighted by Crippen LogP contribution is 2.55. The van der Waals surface area contributed by atoms with Crippen LogP contribution in [0, 0.1) is 22.2 Å². The smallest absolute Gasteiger partial charge is 0.237 e. The first-order valence-corrected chi connectivity index (χ1v) is 10.2. The van der Waals surface area contributed by atoms with E-state index in [0.717, 1.165) is 32.2 Å². The Labute approximate surface area is 166 Å². The number of hydrogen-bond donors (Lipinski definition) is 1. The number of nitrogens with zero attached hydrogens (tertiary/aromatic N) is 5. The second-order valence-electron chi connectivity index (χ2n) is 9.04. The van der Waals surface area contributed by atoms with Gasteiger partial charge in [0.1, 0.15) is 24.9 Å². The average Bonchev–Trinajstić information content (AvgIpc) is 3.34. The molecule has 0 unspecified atom stereocenters. The lowest BCUT2D eigenvalue weighted by Gasteiger charge is -2.42. The van der Waals surface area contributed by atoms with E-state index in [1.165, 1.54) is 4.90 Å². The summed E-state index contributed by atoms with van der Waals surface area (Å²) < 4.78 is 15.4. The summed E-state index contributed by atoms with van der Waals surface area (Å²) in [6, 6.07) is 1.63. The van der Waals surface area contributed by atoms with Crippen molar-refractivity contribution in [1.29, 1.82) is 5.26 Å². The molecular weight excluding hydrogens is 359 g/mol. The van der Waals surface area contributed by atoms with Gasteiger partial charge in [0.2, 0.25) is 5.91 Å². The summed E-state index contributed by atoms with van der Waals surface area (Å²) in [5, 5.41) is 16.7. The zero-order valence-corrected chi connectivity index (χ0v) is 17.1. The Bertz CT molecular complexity index is 715. The molecule has 1 saturated heterocycles. The largest absolute Gasteiger partial charge is 0.323 e. The van der Waals surface area contributed by atoms with E-state index in [4.69, 9.17) is 5.26 Å². The van der Waals surface area contributed by atoms with Crippen LogP contribution in [0.2, 0.25) is 0 Å². The molecule has 28 heavy (non-hydrogen) atoms. The van der Waals surface area contributed by atoms with Crippen LogP contribution in [-0.4, -0.2) is 56.9 Å². The molecule has 4 atom stereocenters. The van der Waals surface area contributed by atoms with Gasteiger partial charge in [-0.05, 0) is 36.5 Å². The Morgan fingerprint density at radius 3 is 2.89 bits per heavy atom. The Hall–Kier alpha value is -2.01. The molecule has 3 rings (SSSR count). The summed E-state index contributed by atoms with van der Waals surface area (Å²) in [5.41, 5.74) is 0.194. The Morgan fingerprint density at radius 2 is 2.21 bits per heavy atom. The van der Waals surface area contributed by atoms with Gasteiger partial charge in [0.05, 0.1) is 19.2 Å². The van der Waals surface area contributed by atoms with E-state index >= 15 is 0 Å². The molecule has 1 N–H and O–H groups in total. The number of nitrogens with one attached hydrogen (secondary N) is 1. The SMILES string of the molecule is CC1(C)[C@@H](NCC(=O)N2C[C@@H](F)C[C@H]2C#N)CC[C@@]1(C)CCCn1cncn1. The number of hydrogen-bond acceptors (Lipinski definition) is 5. The third-order valence-corrected chi connectivity index (χ3v) is 7.21.